The van der Waals surface area contributed by atoms with Crippen molar-refractivity contribution < 1.29 is 18.3 Å². The van der Waals surface area contributed by atoms with Crippen molar-refractivity contribution in [1.82, 2.24) is 5.32 Å². The molecule has 1 unspecified atom stereocenters. The van der Waals surface area contributed by atoms with E-state index in [1.807, 2.05) is 12.1 Å². The molecule has 2 aliphatic heterocycles. The van der Waals surface area contributed by atoms with E-state index in [9.17, 15) is 8.78 Å². The fourth-order valence-electron chi connectivity index (χ4n) is 2.97. The highest BCUT2D eigenvalue weighted by Gasteiger charge is 2.28. The van der Waals surface area contributed by atoms with Crippen LogP contribution in [-0.2, 0) is 6.42 Å². The van der Waals surface area contributed by atoms with Crippen LogP contribution in [0.1, 0.15) is 22.7 Å². The summed E-state index contributed by atoms with van der Waals surface area (Å²) in [4.78, 5) is 0. The molecule has 5 heteroatoms. The Balaban J connectivity index is 1.85. The molecular weight excluding hydrogens is 276 g/mol. The first-order valence-corrected chi connectivity index (χ1v) is 6.84. The van der Waals surface area contributed by atoms with Gasteiger partial charge in [0.25, 0.3) is 0 Å². The molecule has 2 aromatic rings. The maximum absolute atomic E-state index is 14.1. The summed E-state index contributed by atoms with van der Waals surface area (Å²) in [5.41, 5.74) is 2.30. The lowest BCUT2D eigenvalue weighted by atomic mass is 9.89. The Morgan fingerprint density at radius 2 is 1.86 bits per heavy atom. The van der Waals surface area contributed by atoms with Crippen molar-refractivity contribution in [2.45, 2.75) is 12.5 Å². The summed E-state index contributed by atoms with van der Waals surface area (Å²) in [5.74, 6) is -0.268. The Kier molecular flexibility index (Phi) is 2.82. The average Bonchev–Trinajstić information content (AvgIpc) is 2.94. The van der Waals surface area contributed by atoms with Crippen LogP contribution in [0.3, 0.4) is 0 Å². The van der Waals surface area contributed by atoms with Gasteiger partial charge in [0.2, 0.25) is 6.79 Å². The van der Waals surface area contributed by atoms with Gasteiger partial charge in [0.1, 0.15) is 0 Å². The van der Waals surface area contributed by atoms with Gasteiger partial charge in [-0.1, -0.05) is 12.1 Å². The third-order valence-corrected chi connectivity index (χ3v) is 3.98. The molecule has 0 aromatic heterocycles. The number of hydrogen-bond acceptors (Lipinski definition) is 3. The smallest absolute Gasteiger partial charge is 0.231 e. The van der Waals surface area contributed by atoms with E-state index in [0.717, 1.165) is 23.6 Å². The molecule has 3 nitrogen and oxygen atoms in total. The maximum Gasteiger partial charge on any atom is 0.231 e. The monoisotopic (exact) mass is 289 g/mol. The minimum Gasteiger partial charge on any atom is -0.454 e. The molecule has 0 spiro atoms. The molecule has 1 atom stereocenters. The van der Waals surface area contributed by atoms with Crippen LogP contribution in [0.15, 0.2) is 30.3 Å². The number of fused-ring (bicyclic) bond motifs is 2. The molecule has 108 valence electrons. The zero-order valence-corrected chi connectivity index (χ0v) is 11.2. The molecule has 0 fully saturated rings. The van der Waals surface area contributed by atoms with Crippen LogP contribution in [0, 0.1) is 11.6 Å². The van der Waals surface area contributed by atoms with E-state index in [4.69, 9.17) is 9.47 Å². The van der Waals surface area contributed by atoms with Gasteiger partial charge in [-0.15, -0.1) is 0 Å². The highest BCUT2D eigenvalue weighted by atomic mass is 19.2. The third-order valence-electron chi connectivity index (χ3n) is 3.98. The molecule has 2 aliphatic rings. The minimum atomic E-state index is -0.831. The number of hydrogen-bond donors (Lipinski definition) is 1. The first-order chi connectivity index (χ1) is 10.2. The second kappa shape index (κ2) is 4.70. The molecule has 0 saturated carbocycles. The molecule has 0 saturated heterocycles. The van der Waals surface area contributed by atoms with Crippen molar-refractivity contribution in [3.8, 4) is 11.5 Å². The van der Waals surface area contributed by atoms with Gasteiger partial charge >= 0.3 is 0 Å². The summed E-state index contributed by atoms with van der Waals surface area (Å²) in [6.07, 6.45) is 0.819. The summed E-state index contributed by atoms with van der Waals surface area (Å²) in [6, 6.07) is 7.68. The Labute approximate surface area is 120 Å². The van der Waals surface area contributed by atoms with Gasteiger partial charge in [-0.25, -0.2) is 8.78 Å². The Morgan fingerprint density at radius 3 is 2.71 bits per heavy atom. The van der Waals surface area contributed by atoms with Crippen molar-refractivity contribution in [3.05, 3.63) is 58.7 Å². The normalized spacial score (nSPS) is 19.4. The van der Waals surface area contributed by atoms with E-state index in [-0.39, 0.29) is 12.8 Å². The Morgan fingerprint density at radius 1 is 1.05 bits per heavy atom. The Bertz CT molecular complexity index is 718. The highest BCUT2D eigenvalue weighted by Crippen LogP contribution is 2.40. The predicted molar refractivity (Wildman–Crippen MR) is 72.5 cm³/mol. The van der Waals surface area contributed by atoms with Crippen molar-refractivity contribution in [2.24, 2.45) is 0 Å². The lowest BCUT2D eigenvalue weighted by molar-refractivity contribution is 0.174. The van der Waals surface area contributed by atoms with E-state index in [1.54, 1.807) is 6.07 Å². The summed E-state index contributed by atoms with van der Waals surface area (Å²) in [6.45, 7) is 0.901. The van der Waals surface area contributed by atoms with Crippen LogP contribution >= 0.6 is 0 Å². The van der Waals surface area contributed by atoms with Gasteiger partial charge in [0.05, 0.1) is 6.04 Å². The summed E-state index contributed by atoms with van der Waals surface area (Å²) >= 11 is 0. The molecule has 2 aromatic carbocycles. The molecule has 21 heavy (non-hydrogen) atoms. The molecule has 0 amide bonds. The zero-order chi connectivity index (χ0) is 14.4. The van der Waals surface area contributed by atoms with E-state index < -0.39 is 11.6 Å². The largest absolute Gasteiger partial charge is 0.454 e. The van der Waals surface area contributed by atoms with Gasteiger partial charge in [0, 0.05) is 12.1 Å². The molecule has 1 N–H and O–H groups in total. The number of rotatable bonds is 1. The third kappa shape index (κ3) is 1.96. The lowest BCUT2D eigenvalue weighted by Gasteiger charge is -2.28. The molecule has 4 rings (SSSR count). The van der Waals surface area contributed by atoms with Crippen molar-refractivity contribution in [2.75, 3.05) is 13.3 Å². The fraction of sp³-hybridized carbons (Fsp3) is 0.250. The van der Waals surface area contributed by atoms with Gasteiger partial charge < -0.3 is 14.8 Å². The minimum absolute atomic E-state index is 0.199. The SMILES string of the molecule is Fc1cccc(C2NCCc3cc4c(cc32)OCO4)c1F. The van der Waals surface area contributed by atoms with Crippen LogP contribution in [0.2, 0.25) is 0 Å². The van der Waals surface area contributed by atoms with E-state index in [0.29, 0.717) is 23.6 Å². The summed E-state index contributed by atoms with van der Waals surface area (Å²) in [5, 5.41) is 3.25. The lowest BCUT2D eigenvalue weighted by Crippen LogP contribution is -2.31. The average molecular weight is 289 g/mol. The van der Waals surface area contributed by atoms with Gasteiger partial charge in [-0.05, 0) is 35.7 Å². The molecule has 0 radical (unpaired) electrons. The Hall–Kier alpha value is -2.14. The molecule has 2 heterocycles. The summed E-state index contributed by atoms with van der Waals surface area (Å²) < 4.78 is 38.3. The summed E-state index contributed by atoms with van der Waals surface area (Å²) in [7, 11) is 0. The highest BCUT2D eigenvalue weighted by molar-refractivity contribution is 5.52. The van der Waals surface area contributed by atoms with Crippen LogP contribution in [0.5, 0.6) is 11.5 Å². The van der Waals surface area contributed by atoms with E-state index in [2.05, 4.69) is 5.32 Å². The quantitative estimate of drug-likeness (QED) is 0.875. The standard InChI is InChI=1S/C16H13F2NO2/c17-12-3-1-2-10(15(12)18)16-11-7-14-13(20-8-21-14)6-9(11)4-5-19-16/h1-3,6-7,16,19H,4-5,8H2. The number of nitrogens with one attached hydrogen (secondary N) is 1. The van der Waals surface area contributed by atoms with E-state index >= 15 is 0 Å². The van der Waals surface area contributed by atoms with Crippen LogP contribution in [0.25, 0.3) is 0 Å². The first-order valence-electron chi connectivity index (χ1n) is 6.84. The second-order valence-electron chi connectivity index (χ2n) is 5.18. The van der Waals surface area contributed by atoms with Crippen molar-refractivity contribution in [3.63, 3.8) is 0 Å². The maximum atomic E-state index is 14.1. The molecule has 0 aliphatic carbocycles. The molecular formula is C16H13F2NO2. The number of benzene rings is 2. The fourth-order valence-corrected chi connectivity index (χ4v) is 2.97. The number of ether oxygens (including phenoxy) is 2. The van der Waals surface area contributed by atoms with Crippen LogP contribution < -0.4 is 14.8 Å². The molecule has 0 bridgehead atoms. The van der Waals surface area contributed by atoms with Crippen LogP contribution in [0.4, 0.5) is 8.78 Å². The zero-order valence-electron chi connectivity index (χ0n) is 11.2. The second-order valence-corrected chi connectivity index (χ2v) is 5.18. The van der Waals surface area contributed by atoms with Crippen LogP contribution in [-0.4, -0.2) is 13.3 Å². The first kappa shape index (κ1) is 12.6. The van der Waals surface area contributed by atoms with Crippen molar-refractivity contribution in [1.29, 1.82) is 0 Å². The number of halogens is 2. The van der Waals surface area contributed by atoms with Crippen molar-refractivity contribution >= 4 is 0 Å². The predicted octanol–water partition coefficient (Wildman–Crippen LogP) is 2.93. The topological polar surface area (TPSA) is 30.5 Å². The van der Waals surface area contributed by atoms with Gasteiger partial charge in [-0.3, -0.25) is 0 Å². The van der Waals surface area contributed by atoms with Gasteiger partial charge in [-0.2, -0.15) is 0 Å². The van der Waals surface area contributed by atoms with E-state index in [1.165, 1.54) is 6.07 Å². The van der Waals surface area contributed by atoms with Gasteiger partial charge in [0.15, 0.2) is 23.1 Å².